The number of carbonyl (C=O) groups is 1. The summed E-state index contributed by atoms with van der Waals surface area (Å²) in [6, 6.07) is 11.7. The summed E-state index contributed by atoms with van der Waals surface area (Å²) in [6.45, 7) is 0.751. The number of hydrogen-bond acceptors (Lipinski definition) is 3. The minimum absolute atomic E-state index is 0.0568. The smallest absolute Gasteiger partial charge is 0.226 e. The van der Waals surface area contributed by atoms with Crippen molar-refractivity contribution in [3.05, 3.63) is 35.9 Å². The largest absolute Gasteiger partial charge is 0.373 e. The van der Waals surface area contributed by atoms with Crippen LogP contribution in [0.2, 0.25) is 0 Å². The van der Waals surface area contributed by atoms with Gasteiger partial charge >= 0.3 is 0 Å². The van der Waals surface area contributed by atoms with E-state index < -0.39 is 0 Å². The number of piperidine rings is 1. The van der Waals surface area contributed by atoms with Crippen molar-refractivity contribution in [1.82, 2.24) is 10.6 Å². The van der Waals surface area contributed by atoms with Crippen molar-refractivity contribution in [2.45, 2.75) is 62.8 Å². The van der Waals surface area contributed by atoms with Gasteiger partial charge in [-0.25, -0.2) is 0 Å². The second kappa shape index (κ2) is 6.62. The average Bonchev–Trinajstić information content (AvgIpc) is 2.94. The fourth-order valence-corrected chi connectivity index (χ4v) is 4.50. The lowest BCUT2D eigenvalue weighted by atomic mass is 9.88. The molecule has 0 aliphatic carbocycles. The molecule has 0 spiro atoms. The molecule has 4 atom stereocenters. The van der Waals surface area contributed by atoms with Crippen molar-refractivity contribution in [1.29, 1.82) is 0 Å². The van der Waals surface area contributed by atoms with E-state index >= 15 is 0 Å². The Morgan fingerprint density at radius 2 is 1.83 bits per heavy atom. The lowest BCUT2D eigenvalue weighted by Gasteiger charge is -2.34. The number of amides is 1. The van der Waals surface area contributed by atoms with E-state index in [0.29, 0.717) is 18.1 Å². The number of fused-ring (bicyclic) bond motifs is 2. The van der Waals surface area contributed by atoms with Crippen molar-refractivity contribution >= 4 is 5.91 Å². The third-order valence-corrected chi connectivity index (χ3v) is 5.61. The van der Waals surface area contributed by atoms with E-state index in [-0.39, 0.29) is 17.9 Å². The summed E-state index contributed by atoms with van der Waals surface area (Å²) in [7, 11) is 0. The van der Waals surface area contributed by atoms with Gasteiger partial charge in [0.1, 0.15) is 0 Å². The summed E-state index contributed by atoms with van der Waals surface area (Å²) in [6.07, 6.45) is 6.47. The number of ether oxygens (including phenoxy) is 1. The zero-order valence-corrected chi connectivity index (χ0v) is 13.5. The Bertz CT molecular complexity index is 536. The van der Waals surface area contributed by atoms with Gasteiger partial charge in [0.2, 0.25) is 5.91 Å². The maximum atomic E-state index is 12.9. The first-order valence-corrected chi connectivity index (χ1v) is 9.02. The van der Waals surface area contributed by atoms with E-state index in [1.54, 1.807) is 0 Å². The van der Waals surface area contributed by atoms with Crippen LogP contribution in [0.15, 0.2) is 30.3 Å². The fourth-order valence-electron chi connectivity index (χ4n) is 4.50. The number of carbonyl (C=O) groups excluding carboxylic acids is 1. The van der Waals surface area contributed by atoms with Crippen molar-refractivity contribution in [3.63, 3.8) is 0 Å². The summed E-state index contributed by atoms with van der Waals surface area (Å²) < 4.78 is 5.97. The van der Waals surface area contributed by atoms with Crippen molar-refractivity contribution in [3.8, 4) is 0 Å². The van der Waals surface area contributed by atoms with E-state index in [0.717, 1.165) is 37.9 Å². The first-order chi connectivity index (χ1) is 11.3. The molecule has 2 N–H and O–H groups in total. The molecule has 3 aliphatic heterocycles. The highest BCUT2D eigenvalue weighted by molar-refractivity contribution is 5.80. The van der Waals surface area contributed by atoms with Gasteiger partial charge < -0.3 is 15.4 Å². The van der Waals surface area contributed by atoms with Crippen LogP contribution in [0.3, 0.4) is 0 Å². The molecule has 0 aromatic heterocycles. The molecule has 2 bridgehead atoms. The normalized spacial score (nSPS) is 36.6. The Balaban J connectivity index is 1.43. The second-order valence-electron chi connectivity index (χ2n) is 7.27. The van der Waals surface area contributed by atoms with Crippen LogP contribution in [0.1, 0.15) is 50.2 Å². The van der Waals surface area contributed by atoms with E-state index in [4.69, 9.17) is 4.74 Å². The van der Waals surface area contributed by atoms with E-state index in [2.05, 4.69) is 22.8 Å². The maximum Gasteiger partial charge on any atom is 0.226 e. The van der Waals surface area contributed by atoms with Crippen LogP contribution in [-0.4, -0.2) is 30.6 Å². The molecule has 3 saturated heterocycles. The van der Waals surface area contributed by atoms with Gasteiger partial charge in [-0.1, -0.05) is 30.3 Å². The van der Waals surface area contributed by atoms with Gasteiger partial charge in [-0.05, 0) is 44.1 Å². The molecule has 3 aliphatic rings. The summed E-state index contributed by atoms with van der Waals surface area (Å²) >= 11 is 0. The van der Waals surface area contributed by atoms with Crippen LogP contribution in [0.5, 0.6) is 0 Å². The van der Waals surface area contributed by atoms with Crippen LogP contribution < -0.4 is 10.6 Å². The summed E-state index contributed by atoms with van der Waals surface area (Å²) in [5, 5.41) is 6.96. The molecule has 3 heterocycles. The van der Waals surface area contributed by atoms with Gasteiger partial charge in [-0.15, -0.1) is 0 Å². The second-order valence-corrected chi connectivity index (χ2v) is 7.27. The minimum atomic E-state index is -0.0941. The molecular formula is C19H26N2O2. The van der Waals surface area contributed by atoms with E-state index in [9.17, 15) is 4.79 Å². The lowest BCUT2D eigenvalue weighted by molar-refractivity contribution is -0.135. The summed E-state index contributed by atoms with van der Waals surface area (Å²) in [5.41, 5.74) is 1.12. The van der Waals surface area contributed by atoms with Gasteiger partial charge in [-0.3, -0.25) is 4.79 Å². The average molecular weight is 314 g/mol. The fraction of sp³-hybridized carbons (Fsp3) is 0.632. The lowest BCUT2D eigenvalue weighted by Crippen LogP contribution is -2.50. The Hall–Kier alpha value is -1.39. The third kappa shape index (κ3) is 3.29. The maximum absolute atomic E-state index is 12.9. The van der Waals surface area contributed by atoms with Crippen molar-refractivity contribution in [2.24, 2.45) is 5.92 Å². The Kier molecular flexibility index (Phi) is 4.36. The van der Waals surface area contributed by atoms with Gasteiger partial charge in [-0.2, -0.15) is 0 Å². The van der Waals surface area contributed by atoms with Crippen LogP contribution in [0.4, 0.5) is 0 Å². The molecule has 23 heavy (non-hydrogen) atoms. The molecule has 1 aromatic carbocycles. The van der Waals surface area contributed by atoms with E-state index in [1.807, 2.05) is 18.2 Å². The van der Waals surface area contributed by atoms with Crippen molar-refractivity contribution < 1.29 is 9.53 Å². The first kappa shape index (κ1) is 15.2. The molecule has 124 valence electrons. The van der Waals surface area contributed by atoms with Crippen molar-refractivity contribution in [2.75, 3.05) is 6.61 Å². The highest BCUT2D eigenvalue weighted by Crippen LogP contribution is 2.34. The third-order valence-electron chi connectivity index (χ3n) is 5.61. The van der Waals surface area contributed by atoms with Crippen LogP contribution in [0, 0.1) is 5.92 Å². The van der Waals surface area contributed by atoms with Crippen LogP contribution in [-0.2, 0) is 9.53 Å². The Labute approximate surface area is 138 Å². The predicted octanol–water partition coefficient (Wildman–Crippen LogP) is 2.55. The molecular weight excluding hydrogens is 288 g/mol. The monoisotopic (exact) mass is 314 g/mol. The number of benzene rings is 1. The van der Waals surface area contributed by atoms with E-state index in [1.165, 1.54) is 12.8 Å². The topological polar surface area (TPSA) is 50.4 Å². The predicted molar refractivity (Wildman–Crippen MR) is 89.0 cm³/mol. The van der Waals surface area contributed by atoms with Crippen LogP contribution >= 0.6 is 0 Å². The highest BCUT2D eigenvalue weighted by atomic mass is 16.5. The zero-order valence-electron chi connectivity index (χ0n) is 13.5. The number of nitrogens with one attached hydrogen (secondary N) is 2. The molecule has 1 aromatic rings. The Morgan fingerprint density at radius 1 is 1.09 bits per heavy atom. The number of hydrogen-bond donors (Lipinski definition) is 2. The molecule has 4 heteroatoms. The van der Waals surface area contributed by atoms with Gasteiger partial charge in [0.25, 0.3) is 0 Å². The molecule has 4 unspecified atom stereocenters. The first-order valence-electron chi connectivity index (χ1n) is 9.02. The molecule has 0 saturated carbocycles. The minimum Gasteiger partial charge on any atom is -0.373 e. The zero-order chi connectivity index (χ0) is 15.6. The van der Waals surface area contributed by atoms with Gasteiger partial charge in [0.05, 0.1) is 12.0 Å². The molecule has 4 nitrogen and oxygen atoms in total. The molecule has 1 amide bonds. The SMILES string of the molecule is O=C(NC1CC2CCC(C1)N2)C1CCCOC1c1ccccc1. The molecule has 4 rings (SSSR count). The number of rotatable bonds is 3. The quantitative estimate of drug-likeness (QED) is 0.901. The van der Waals surface area contributed by atoms with Gasteiger partial charge in [0.15, 0.2) is 0 Å². The summed E-state index contributed by atoms with van der Waals surface area (Å²) in [4.78, 5) is 12.9. The van der Waals surface area contributed by atoms with Crippen LogP contribution in [0.25, 0.3) is 0 Å². The highest BCUT2D eigenvalue weighted by Gasteiger charge is 2.37. The molecule has 3 fully saturated rings. The Morgan fingerprint density at radius 3 is 2.57 bits per heavy atom. The summed E-state index contributed by atoms with van der Waals surface area (Å²) in [5.74, 6) is 0.128. The standard InChI is InChI=1S/C19H26N2O2/c22-19(21-16-11-14-8-9-15(12-16)20-14)17-7-4-10-23-18(17)13-5-2-1-3-6-13/h1-3,5-6,14-18,20H,4,7-12H2,(H,21,22). The van der Waals surface area contributed by atoms with Gasteiger partial charge in [0, 0.05) is 24.7 Å². The molecule has 0 radical (unpaired) electrons.